The largest absolute Gasteiger partial charge is 0.377 e. The quantitative estimate of drug-likeness (QED) is 0.237. The lowest BCUT2D eigenvalue weighted by molar-refractivity contribution is 0.117. The first-order valence-electron chi connectivity index (χ1n) is 9.34. The third-order valence-corrected chi connectivity index (χ3v) is 5.14. The number of ether oxygens (including phenoxy) is 1. The molecular formula is C20H34IN3O. The molecule has 0 aromatic heterocycles. The molecular weight excluding hydrogens is 425 g/mol. The summed E-state index contributed by atoms with van der Waals surface area (Å²) in [7, 11) is 1.84. The van der Waals surface area contributed by atoms with Gasteiger partial charge in [-0.1, -0.05) is 43.7 Å². The normalized spacial score (nSPS) is 15.8. The summed E-state index contributed by atoms with van der Waals surface area (Å²) in [5, 5.41) is 6.90. The Bertz CT molecular complexity index is 483. The van der Waals surface area contributed by atoms with E-state index < -0.39 is 0 Å². The summed E-state index contributed by atoms with van der Waals surface area (Å²) >= 11 is 0. The van der Waals surface area contributed by atoms with Gasteiger partial charge in [0.1, 0.15) is 0 Å². The van der Waals surface area contributed by atoms with Crippen molar-refractivity contribution >= 4 is 29.9 Å². The van der Waals surface area contributed by atoms with Crippen LogP contribution in [0.1, 0.15) is 51.0 Å². The molecule has 0 amide bonds. The van der Waals surface area contributed by atoms with Gasteiger partial charge in [-0.15, -0.1) is 24.0 Å². The van der Waals surface area contributed by atoms with Gasteiger partial charge in [0.25, 0.3) is 0 Å². The van der Waals surface area contributed by atoms with Crippen molar-refractivity contribution in [2.24, 2.45) is 10.4 Å². The van der Waals surface area contributed by atoms with Gasteiger partial charge >= 0.3 is 0 Å². The zero-order valence-electron chi connectivity index (χ0n) is 15.7. The SMILES string of the molecule is CCC1(CNC(=NC)NCCCCOCc2ccccc2)CCC1.I. The molecule has 0 bridgehead atoms. The molecule has 0 saturated heterocycles. The highest BCUT2D eigenvalue weighted by Crippen LogP contribution is 2.42. The Balaban J connectivity index is 0.00000312. The number of halogens is 1. The smallest absolute Gasteiger partial charge is 0.190 e. The Morgan fingerprint density at radius 1 is 1.16 bits per heavy atom. The van der Waals surface area contributed by atoms with E-state index in [0.717, 1.165) is 38.5 Å². The molecule has 5 heteroatoms. The van der Waals surface area contributed by atoms with Crippen LogP contribution >= 0.6 is 24.0 Å². The number of hydrogen-bond donors (Lipinski definition) is 2. The molecule has 0 radical (unpaired) electrons. The lowest BCUT2D eigenvalue weighted by Gasteiger charge is -2.41. The molecule has 1 aliphatic rings. The average Bonchev–Trinajstić information content (AvgIpc) is 2.59. The summed E-state index contributed by atoms with van der Waals surface area (Å²) in [6, 6.07) is 10.3. The molecule has 0 unspecified atom stereocenters. The molecule has 1 fully saturated rings. The molecule has 0 heterocycles. The summed E-state index contributed by atoms with van der Waals surface area (Å²) in [6.07, 6.45) is 7.50. The Kier molecular flexibility index (Phi) is 11.1. The summed E-state index contributed by atoms with van der Waals surface area (Å²) in [6.45, 7) is 5.79. The Morgan fingerprint density at radius 3 is 2.52 bits per heavy atom. The van der Waals surface area contributed by atoms with E-state index in [4.69, 9.17) is 4.74 Å². The first kappa shape index (κ1) is 22.2. The molecule has 1 aromatic carbocycles. The van der Waals surface area contributed by atoms with E-state index in [1.807, 2.05) is 25.2 Å². The lowest BCUT2D eigenvalue weighted by atomic mass is 9.67. The fourth-order valence-electron chi connectivity index (χ4n) is 3.12. The minimum absolute atomic E-state index is 0. The number of nitrogens with zero attached hydrogens (tertiary/aromatic N) is 1. The number of guanidine groups is 1. The van der Waals surface area contributed by atoms with E-state index in [2.05, 4.69) is 34.7 Å². The van der Waals surface area contributed by atoms with Gasteiger partial charge in [0.2, 0.25) is 0 Å². The molecule has 1 saturated carbocycles. The summed E-state index contributed by atoms with van der Waals surface area (Å²) in [4.78, 5) is 4.32. The Hall–Kier alpha value is -0.820. The van der Waals surface area contributed by atoms with Gasteiger partial charge in [-0.3, -0.25) is 4.99 Å². The second kappa shape index (κ2) is 12.5. The highest BCUT2D eigenvalue weighted by Gasteiger charge is 2.34. The zero-order valence-corrected chi connectivity index (χ0v) is 18.1. The number of unbranched alkanes of at least 4 members (excludes halogenated alkanes) is 1. The zero-order chi connectivity index (χ0) is 17.1. The molecule has 0 atom stereocenters. The van der Waals surface area contributed by atoms with E-state index in [-0.39, 0.29) is 24.0 Å². The third kappa shape index (κ3) is 7.94. The summed E-state index contributed by atoms with van der Waals surface area (Å²) in [5.41, 5.74) is 1.75. The minimum atomic E-state index is 0. The average molecular weight is 459 g/mol. The molecule has 4 nitrogen and oxygen atoms in total. The van der Waals surface area contributed by atoms with Gasteiger partial charge in [-0.05, 0) is 43.1 Å². The van der Waals surface area contributed by atoms with Crippen LogP contribution in [0.15, 0.2) is 35.3 Å². The van der Waals surface area contributed by atoms with Crippen molar-refractivity contribution in [2.75, 3.05) is 26.7 Å². The number of nitrogens with one attached hydrogen (secondary N) is 2. The summed E-state index contributed by atoms with van der Waals surface area (Å²) in [5.74, 6) is 0.930. The first-order chi connectivity index (χ1) is 11.8. The maximum atomic E-state index is 5.71. The Labute approximate surface area is 170 Å². The predicted molar refractivity (Wildman–Crippen MR) is 117 cm³/mol. The van der Waals surface area contributed by atoms with Crippen molar-refractivity contribution in [3.05, 3.63) is 35.9 Å². The highest BCUT2D eigenvalue weighted by molar-refractivity contribution is 14.0. The first-order valence-corrected chi connectivity index (χ1v) is 9.34. The van der Waals surface area contributed by atoms with Crippen molar-refractivity contribution in [3.63, 3.8) is 0 Å². The predicted octanol–water partition coefficient (Wildman–Crippen LogP) is 4.35. The summed E-state index contributed by atoms with van der Waals surface area (Å²) < 4.78 is 5.71. The van der Waals surface area contributed by atoms with Crippen LogP contribution in [0, 0.1) is 5.41 Å². The van der Waals surface area contributed by atoms with Crippen molar-refractivity contribution in [3.8, 4) is 0 Å². The second-order valence-corrected chi connectivity index (χ2v) is 6.80. The van der Waals surface area contributed by atoms with Crippen LogP contribution in [-0.2, 0) is 11.3 Å². The van der Waals surface area contributed by atoms with Gasteiger partial charge in [-0.25, -0.2) is 0 Å². The topological polar surface area (TPSA) is 45.7 Å². The van der Waals surface area contributed by atoms with Gasteiger partial charge < -0.3 is 15.4 Å². The molecule has 142 valence electrons. The van der Waals surface area contributed by atoms with Crippen LogP contribution in [0.2, 0.25) is 0 Å². The van der Waals surface area contributed by atoms with Crippen LogP contribution < -0.4 is 10.6 Å². The molecule has 1 aromatic rings. The van der Waals surface area contributed by atoms with Gasteiger partial charge in [0, 0.05) is 26.7 Å². The molecule has 2 rings (SSSR count). The molecule has 0 spiro atoms. The highest BCUT2D eigenvalue weighted by atomic mass is 127. The standard InChI is InChI=1S/C20H33N3O.HI/c1-3-20(12-9-13-20)17-23-19(21-2)22-14-7-8-15-24-16-18-10-5-4-6-11-18;/h4-6,10-11H,3,7-9,12-17H2,1-2H3,(H2,21,22,23);1H. The minimum Gasteiger partial charge on any atom is -0.377 e. The van der Waals surface area contributed by atoms with Crippen LogP contribution in [0.25, 0.3) is 0 Å². The molecule has 1 aliphatic carbocycles. The van der Waals surface area contributed by atoms with E-state index in [0.29, 0.717) is 12.0 Å². The molecule has 25 heavy (non-hydrogen) atoms. The van der Waals surface area contributed by atoms with E-state index in [9.17, 15) is 0 Å². The number of benzene rings is 1. The van der Waals surface area contributed by atoms with Gasteiger partial charge in [0.05, 0.1) is 6.61 Å². The van der Waals surface area contributed by atoms with E-state index >= 15 is 0 Å². The molecule has 2 N–H and O–H groups in total. The van der Waals surface area contributed by atoms with Crippen molar-refractivity contribution in [1.82, 2.24) is 10.6 Å². The second-order valence-electron chi connectivity index (χ2n) is 6.80. The number of hydrogen-bond acceptors (Lipinski definition) is 2. The van der Waals surface area contributed by atoms with Crippen molar-refractivity contribution in [1.29, 1.82) is 0 Å². The van der Waals surface area contributed by atoms with E-state index in [1.165, 1.54) is 31.2 Å². The van der Waals surface area contributed by atoms with Crippen molar-refractivity contribution in [2.45, 2.75) is 52.1 Å². The van der Waals surface area contributed by atoms with Crippen LogP contribution in [-0.4, -0.2) is 32.7 Å². The van der Waals surface area contributed by atoms with Crippen LogP contribution in [0.5, 0.6) is 0 Å². The van der Waals surface area contributed by atoms with Crippen molar-refractivity contribution < 1.29 is 4.74 Å². The fourth-order valence-corrected chi connectivity index (χ4v) is 3.12. The maximum absolute atomic E-state index is 5.71. The van der Waals surface area contributed by atoms with Gasteiger partial charge in [-0.2, -0.15) is 0 Å². The third-order valence-electron chi connectivity index (χ3n) is 5.14. The number of rotatable bonds is 10. The molecule has 0 aliphatic heterocycles. The Morgan fingerprint density at radius 2 is 1.92 bits per heavy atom. The monoisotopic (exact) mass is 459 g/mol. The lowest BCUT2D eigenvalue weighted by Crippen LogP contribution is -2.46. The maximum Gasteiger partial charge on any atom is 0.190 e. The van der Waals surface area contributed by atoms with Crippen LogP contribution in [0.4, 0.5) is 0 Å². The fraction of sp³-hybridized carbons (Fsp3) is 0.650. The van der Waals surface area contributed by atoms with Gasteiger partial charge in [0.15, 0.2) is 5.96 Å². The number of aliphatic imine (C=N–C) groups is 1. The van der Waals surface area contributed by atoms with E-state index in [1.54, 1.807) is 0 Å². The van der Waals surface area contributed by atoms with Crippen LogP contribution in [0.3, 0.4) is 0 Å².